The van der Waals surface area contributed by atoms with Gasteiger partial charge in [0, 0.05) is 17.3 Å². The van der Waals surface area contributed by atoms with E-state index in [1.807, 2.05) is 6.07 Å². The van der Waals surface area contributed by atoms with Crippen molar-refractivity contribution in [3.05, 3.63) is 60.7 Å². The zero-order chi connectivity index (χ0) is 15.9. The molecule has 2 aromatic rings. The normalized spacial score (nSPS) is 9.86. The van der Waals surface area contributed by atoms with Crippen LogP contribution in [0.25, 0.3) is 0 Å². The van der Waals surface area contributed by atoms with Crippen LogP contribution in [-0.2, 0) is 0 Å². The molecule has 114 valence electrons. The van der Waals surface area contributed by atoms with Crippen LogP contribution in [0.5, 0.6) is 11.5 Å². The third kappa shape index (κ3) is 3.79. The van der Waals surface area contributed by atoms with E-state index in [1.165, 1.54) is 7.11 Å². The highest BCUT2D eigenvalue weighted by Gasteiger charge is 2.09. The third-order valence-corrected chi connectivity index (χ3v) is 2.95. The summed E-state index contributed by atoms with van der Waals surface area (Å²) in [5.74, 6) is 0.943. The van der Waals surface area contributed by atoms with Crippen molar-refractivity contribution < 1.29 is 14.3 Å². The van der Waals surface area contributed by atoms with Crippen LogP contribution < -0.4 is 20.5 Å². The van der Waals surface area contributed by atoms with E-state index in [0.717, 1.165) is 0 Å². The number of carbonyl (C=O) groups excluding carboxylic acids is 1. The van der Waals surface area contributed by atoms with Crippen molar-refractivity contribution in [3.8, 4) is 11.5 Å². The second kappa shape index (κ2) is 7.17. The fourth-order valence-corrected chi connectivity index (χ4v) is 1.90. The number of ether oxygens (including phenoxy) is 2. The van der Waals surface area contributed by atoms with Gasteiger partial charge in [-0.05, 0) is 30.3 Å². The van der Waals surface area contributed by atoms with E-state index in [-0.39, 0.29) is 5.91 Å². The van der Waals surface area contributed by atoms with Gasteiger partial charge in [0.25, 0.3) is 5.91 Å². The number of nitrogen functional groups attached to an aromatic ring is 1. The molecule has 2 aromatic carbocycles. The number of anilines is 2. The molecule has 0 heterocycles. The van der Waals surface area contributed by atoms with Crippen LogP contribution in [0.4, 0.5) is 11.4 Å². The number of amides is 1. The fraction of sp³-hybridized carbons (Fsp3) is 0.118. The maximum absolute atomic E-state index is 12.2. The van der Waals surface area contributed by atoms with Gasteiger partial charge < -0.3 is 20.5 Å². The van der Waals surface area contributed by atoms with E-state index in [1.54, 1.807) is 42.5 Å². The van der Waals surface area contributed by atoms with Gasteiger partial charge in [0.2, 0.25) is 0 Å². The molecule has 5 nitrogen and oxygen atoms in total. The number of rotatable bonds is 6. The van der Waals surface area contributed by atoms with Crippen molar-refractivity contribution in [2.75, 3.05) is 24.8 Å². The summed E-state index contributed by atoms with van der Waals surface area (Å²) in [5, 5.41) is 2.80. The van der Waals surface area contributed by atoms with Crippen molar-refractivity contribution in [2.24, 2.45) is 0 Å². The molecular formula is C17H18N2O3. The minimum absolute atomic E-state index is 0.254. The molecule has 0 radical (unpaired) electrons. The van der Waals surface area contributed by atoms with Gasteiger partial charge in [-0.2, -0.15) is 0 Å². The van der Waals surface area contributed by atoms with Crippen LogP contribution >= 0.6 is 0 Å². The van der Waals surface area contributed by atoms with Crippen LogP contribution in [0.3, 0.4) is 0 Å². The largest absolute Gasteiger partial charge is 0.495 e. The molecule has 0 bridgehead atoms. The lowest BCUT2D eigenvalue weighted by molar-refractivity contribution is 0.102. The summed E-state index contributed by atoms with van der Waals surface area (Å²) in [6.45, 7) is 4.00. The number of nitrogens with two attached hydrogens (primary N) is 1. The Balaban J connectivity index is 2.11. The van der Waals surface area contributed by atoms with Crippen LogP contribution in [0, 0.1) is 0 Å². The second-order valence-electron chi connectivity index (χ2n) is 4.54. The predicted octanol–water partition coefficient (Wildman–Crippen LogP) is 3.09. The summed E-state index contributed by atoms with van der Waals surface area (Å²) < 4.78 is 10.5. The monoisotopic (exact) mass is 298 g/mol. The number of nitrogens with one attached hydrogen (secondary N) is 1. The molecule has 0 aliphatic heterocycles. The highest BCUT2D eigenvalue weighted by molar-refractivity contribution is 6.05. The first-order valence-corrected chi connectivity index (χ1v) is 6.72. The first-order valence-electron chi connectivity index (χ1n) is 6.72. The lowest BCUT2D eigenvalue weighted by Gasteiger charge is -2.09. The maximum Gasteiger partial charge on any atom is 0.255 e. The van der Waals surface area contributed by atoms with Gasteiger partial charge in [-0.15, -0.1) is 0 Å². The zero-order valence-electron chi connectivity index (χ0n) is 12.3. The highest BCUT2D eigenvalue weighted by atomic mass is 16.5. The third-order valence-electron chi connectivity index (χ3n) is 2.95. The zero-order valence-corrected chi connectivity index (χ0v) is 12.3. The fourth-order valence-electron chi connectivity index (χ4n) is 1.90. The molecule has 0 aliphatic carbocycles. The Morgan fingerprint density at radius 1 is 1.32 bits per heavy atom. The Morgan fingerprint density at radius 2 is 2.14 bits per heavy atom. The molecule has 0 saturated heterocycles. The van der Waals surface area contributed by atoms with Crippen molar-refractivity contribution in [1.82, 2.24) is 0 Å². The molecule has 0 saturated carbocycles. The van der Waals surface area contributed by atoms with Gasteiger partial charge in [-0.3, -0.25) is 4.79 Å². The summed E-state index contributed by atoms with van der Waals surface area (Å²) in [4.78, 5) is 12.2. The Hall–Kier alpha value is -2.95. The summed E-state index contributed by atoms with van der Waals surface area (Å²) in [5.41, 5.74) is 7.32. The molecule has 0 aromatic heterocycles. The van der Waals surface area contributed by atoms with E-state index in [4.69, 9.17) is 15.2 Å². The number of hydrogen-bond donors (Lipinski definition) is 2. The molecule has 0 aliphatic rings. The predicted molar refractivity (Wildman–Crippen MR) is 87.5 cm³/mol. The van der Waals surface area contributed by atoms with Gasteiger partial charge in [0.1, 0.15) is 18.1 Å². The van der Waals surface area contributed by atoms with Gasteiger partial charge in [0.05, 0.1) is 12.8 Å². The number of hydrogen-bond acceptors (Lipinski definition) is 4. The number of benzene rings is 2. The smallest absolute Gasteiger partial charge is 0.255 e. The molecule has 0 atom stereocenters. The lowest BCUT2D eigenvalue weighted by atomic mass is 10.1. The van der Waals surface area contributed by atoms with Gasteiger partial charge >= 0.3 is 0 Å². The average molecular weight is 298 g/mol. The Labute approximate surface area is 129 Å². The molecule has 2 rings (SSSR count). The summed E-state index contributed by atoms with van der Waals surface area (Å²) in [7, 11) is 1.53. The van der Waals surface area contributed by atoms with E-state index < -0.39 is 0 Å². The van der Waals surface area contributed by atoms with Crippen LogP contribution in [0.15, 0.2) is 55.1 Å². The Kier molecular flexibility index (Phi) is 5.03. The van der Waals surface area contributed by atoms with Crippen molar-refractivity contribution in [1.29, 1.82) is 0 Å². The minimum Gasteiger partial charge on any atom is -0.495 e. The van der Waals surface area contributed by atoms with Crippen molar-refractivity contribution in [3.63, 3.8) is 0 Å². The summed E-state index contributed by atoms with van der Waals surface area (Å²) in [6, 6.07) is 12.0. The first-order chi connectivity index (χ1) is 10.6. The van der Waals surface area contributed by atoms with Gasteiger partial charge in [-0.1, -0.05) is 18.7 Å². The topological polar surface area (TPSA) is 73.6 Å². The van der Waals surface area contributed by atoms with Crippen molar-refractivity contribution >= 4 is 17.3 Å². The second-order valence-corrected chi connectivity index (χ2v) is 4.54. The first kappa shape index (κ1) is 15.4. The van der Waals surface area contributed by atoms with E-state index in [0.29, 0.717) is 35.0 Å². The molecular weight excluding hydrogens is 280 g/mol. The Bertz CT molecular complexity index is 683. The quantitative estimate of drug-likeness (QED) is 0.635. The summed E-state index contributed by atoms with van der Waals surface area (Å²) >= 11 is 0. The van der Waals surface area contributed by atoms with E-state index in [9.17, 15) is 4.79 Å². The lowest BCUT2D eigenvalue weighted by Crippen LogP contribution is -2.12. The van der Waals surface area contributed by atoms with Gasteiger partial charge in [0.15, 0.2) is 0 Å². The minimum atomic E-state index is -0.254. The number of carbonyl (C=O) groups is 1. The highest BCUT2D eigenvalue weighted by Crippen LogP contribution is 2.23. The van der Waals surface area contributed by atoms with Crippen molar-refractivity contribution in [2.45, 2.75) is 0 Å². The van der Waals surface area contributed by atoms with E-state index in [2.05, 4.69) is 11.9 Å². The van der Waals surface area contributed by atoms with Crippen LogP contribution in [0.1, 0.15) is 10.4 Å². The number of methoxy groups -OCH3 is 1. The molecule has 22 heavy (non-hydrogen) atoms. The standard InChI is InChI=1S/C17H18N2O3/c1-3-9-22-14-6-4-5-13(11-14)19-17(20)12-7-8-16(21-2)15(18)10-12/h3-8,10-11H,1,9,18H2,2H3,(H,19,20). The summed E-state index contributed by atoms with van der Waals surface area (Å²) in [6.07, 6.45) is 1.66. The molecule has 3 N–H and O–H groups in total. The SMILES string of the molecule is C=CCOc1cccc(NC(=O)c2ccc(OC)c(N)c2)c1. The van der Waals surface area contributed by atoms with Crippen LogP contribution in [-0.4, -0.2) is 19.6 Å². The molecule has 5 heteroatoms. The molecule has 1 amide bonds. The Morgan fingerprint density at radius 3 is 2.82 bits per heavy atom. The molecule has 0 fully saturated rings. The van der Waals surface area contributed by atoms with Gasteiger partial charge in [-0.25, -0.2) is 0 Å². The molecule has 0 spiro atoms. The van der Waals surface area contributed by atoms with Crippen LogP contribution in [0.2, 0.25) is 0 Å². The maximum atomic E-state index is 12.2. The average Bonchev–Trinajstić information content (AvgIpc) is 2.53. The van der Waals surface area contributed by atoms with E-state index >= 15 is 0 Å². The molecule has 0 unspecified atom stereocenters.